The molecule has 2 heterocycles. The van der Waals surface area contributed by atoms with E-state index < -0.39 is 0 Å². The summed E-state index contributed by atoms with van der Waals surface area (Å²) in [5, 5.41) is 3.05. The van der Waals surface area contributed by atoms with Gasteiger partial charge in [-0.25, -0.2) is 4.98 Å². The molecule has 1 fully saturated rings. The average molecular weight is 354 g/mol. The number of amides is 1. The normalized spacial score (nSPS) is 16.2. The van der Waals surface area contributed by atoms with Gasteiger partial charge in [0.2, 0.25) is 0 Å². The van der Waals surface area contributed by atoms with Crippen molar-refractivity contribution in [1.82, 2.24) is 15.2 Å². The Balaban J connectivity index is 1.66. The number of hydrogen-bond donors (Lipinski definition) is 1. The van der Waals surface area contributed by atoms with E-state index in [1.165, 1.54) is 0 Å². The Labute approximate surface area is 154 Å². The van der Waals surface area contributed by atoms with Crippen LogP contribution in [-0.4, -0.2) is 56.1 Å². The highest BCUT2D eigenvalue weighted by molar-refractivity contribution is 5.95. The Kier molecular flexibility index (Phi) is 5.73. The molecule has 1 atom stereocenters. The van der Waals surface area contributed by atoms with Crippen LogP contribution in [0.5, 0.6) is 5.75 Å². The number of carbonyl (C=O) groups excluding carboxylic acids is 1. The van der Waals surface area contributed by atoms with Crippen LogP contribution >= 0.6 is 0 Å². The molecule has 1 N–H and O–H groups in total. The highest BCUT2D eigenvalue weighted by Gasteiger charge is 2.17. The standard InChI is InChI=1S/C20H26N4O2/c1-15(16-4-6-18(26-3)7-5-16)22-20(25)17-8-9-21-19(14-17)24-12-10-23(2)11-13-24/h4-9,14-15H,10-13H2,1-3H3,(H,22,25). The maximum absolute atomic E-state index is 12.6. The average Bonchev–Trinajstić information content (AvgIpc) is 2.68. The van der Waals surface area contributed by atoms with Crippen molar-refractivity contribution < 1.29 is 9.53 Å². The number of nitrogens with zero attached hydrogens (tertiary/aromatic N) is 3. The van der Waals surface area contributed by atoms with Gasteiger partial charge in [0.1, 0.15) is 11.6 Å². The smallest absolute Gasteiger partial charge is 0.251 e. The molecule has 0 radical (unpaired) electrons. The van der Waals surface area contributed by atoms with Crippen LogP contribution in [0.4, 0.5) is 5.82 Å². The van der Waals surface area contributed by atoms with Crippen LogP contribution in [0.3, 0.4) is 0 Å². The number of carbonyl (C=O) groups is 1. The van der Waals surface area contributed by atoms with Gasteiger partial charge in [-0.15, -0.1) is 0 Å². The molecule has 6 heteroatoms. The molecule has 6 nitrogen and oxygen atoms in total. The molecule has 1 aliphatic heterocycles. The topological polar surface area (TPSA) is 57.7 Å². The maximum Gasteiger partial charge on any atom is 0.251 e. The van der Waals surface area contributed by atoms with Gasteiger partial charge in [-0.3, -0.25) is 4.79 Å². The third kappa shape index (κ3) is 4.32. The quantitative estimate of drug-likeness (QED) is 0.893. The first-order chi connectivity index (χ1) is 12.6. The molecule has 138 valence electrons. The Morgan fingerprint density at radius 3 is 2.50 bits per heavy atom. The third-order valence-electron chi connectivity index (χ3n) is 4.80. The van der Waals surface area contributed by atoms with Crippen molar-refractivity contribution in [2.75, 3.05) is 45.2 Å². The monoisotopic (exact) mass is 354 g/mol. The first-order valence-electron chi connectivity index (χ1n) is 8.91. The van der Waals surface area contributed by atoms with Crippen molar-refractivity contribution in [2.24, 2.45) is 0 Å². The van der Waals surface area contributed by atoms with Gasteiger partial charge in [0.05, 0.1) is 13.2 Å². The molecule has 0 bridgehead atoms. The van der Waals surface area contributed by atoms with E-state index in [1.807, 2.05) is 37.3 Å². The van der Waals surface area contributed by atoms with E-state index in [9.17, 15) is 4.79 Å². The summed E-state index contributed by atoms with van der Waals surface area (Å²) in [5.74, 6) is 1.58. The Morgan fingerprint density at radius 2 is 1.85 bits per heavy atom. The summed E-state index contributed by atoms with van der Waals surface area (Å²) in [7, 11) is 3.76. The number of methoxy groups -OCH3 is 1. The first-order valence-corrected chi connectivity index (χ1v) is 8.91. The highest BCUT2D eigenvalue weighted by atomic mass is 16.5. The molecule has 1 aromatic heterocycles. The van der Waals surface area contributed by atoms with Gasteiger partial charge in [0, 0.05) is 37.9 Å². The van der Waals surface area contributed by atoms with Gasteiger partial charge < -0.3 is 19.9 Å². The summed E-state index contributed by atoms with van der Waals surface area (Å²) in [6.07, 6.45) is 1.71. The number of rotatable bonds is 5. The van der Waals surface area contributed by atoms with Gasteiger partial charge in [0.25, 0.3) is 5.91 Å². The molecule has 1 aliphatic rings. The number of aromatic nitrogens is 1. The van der Waals surface area contributed by atoms with E-state index in [0.717, 1.165) is 43.3 Å². The lowest BCUT2D eigenvalue weighted by atomic mass is 10.1. The minimum absolute atomic E-state index is 0.0892. The van der Waals surface area contributed by atoms with Crippen molar-refractivity contribution in [3.8, 4) is 5.75 Å². The molecule has 1 amide bonds. The molecule has 26 heavy (non-hydrogen) atoms. The summed E-state index contributed by atoms with van der Waals surface area (Å²) in [6, 6.07) is 11.3. The molecule has 0 spiro atoms. The van der Waals surface area contributed by atoms with Crippen LogP contribution in [0.2, 0.25) is 0 Å². The van der Waals surface area contributed by atoms with E-state index in [-0.39, 0.29) is 11.9 Å². The van der Waals surface area contributed by atoms with E-state index in [1.54, 1.807) is 19.4 Å². The van der Waals surface area contributed by atoms with Crippen molar-refractivity contribution in [3.63, 3.8) is 0 Å². The summed E-state index contributed by atoms with van der Waals surface area (Å²) < 4.78 is 5.17. The molecule has 0 saturated carbocycles. The zero-order valence-electron chi connectivity index (χ0n) is 15.6. The number of nitrogens with one attached hydrogen (secondary N) is 1. The molecule has 3 rings (SSSR count). The fourth-order valence-electron chi connectivity index (χ4n) is 3.02. The predicted octanol–water partition coefficient (Wildman–Crippen LogP) is 2.33. The maximum atomic E-state index is 12.6. The Morgan fingerprint density at radius 1 is 1.15 bits per heavy atom. The number of hydrogen-bond acceptors (Lipinski definition) is 5. The molecule has 1 aromatic carbocycles. The fraction of sp³-hybridized carbons (Fsp3) is 0.400. The second-order valence-corrected chi connectivity index (χ2v) is 6.66. The summed E-state index contributed by atoms with van der Waals surface area (Å²) in [6.45, 7) is 5.84. The van der Waals surface area contributed by atoms with Gasteiger partial charge in [0.15, 0.2) is 0 Å². The van der Waals surface area contributed by atoms with Crippen LogP contribution in [-0.2, 0) is 0 Å². The molecule has 2 aromatic rings. The van der Waals surface area contributed by atoms with E-state index in [2.05, 4.69) is 27.1 Å². The lowest BCUT2D eigenvalue weighted by Crippen LogP contribution is -2.44. The molecular formula is C20H26N4O2. The summed E-state index contributed by atoms with van der Waals surface area (Å²) in [5.41, 5.74) is 1.67. The summed E-state index contributed by atoms with van der Waals surface area (Å²) >= 11 is 0. The van der Waals surface area contributed by atoms with Crippen LogP contribution < -0.4 is 15.0 Å². The number of pyridine rings is 1. The van der Waals surface area contributed by atoms with E-state index in [4.69, 9.17) is 4.74 Å². The molecule has 0 aliphatic carbocycles. The number of benzene rings is 1. The van der Waals surface area contributed by atoms with Gasteiger partial charge in [-0.1, -0.05) is 12.1 Å². The zero-order valence-corrected chi connectivity index (χ0v) is 15.6. The summed E-state index contributed by atoms with van der Waals surface area (Å²) in [4.78, 5) is 21.6. The van der Waals surface area contributed by atoms with Crippen molar-refractivity contribution in [2.45, 2.75) is 13.0 Å². The largest absolute Gasteiger partial charge is 0.497 e. The van der Waals surface area contributed by atoms with Gasteiger partial charge in [-0.05, 0) is 43.8 Å². The molecule has 1 unspecified atom stereocenters. The second-order valence-electron chi connectivity index (χ2n) is 6.66. The second kappa shape index (κ2) is 8.19. The van der Waals surface area contributed by atoms with E-state index in [0.29, 0.717) is 5.56 Å². The Bertz CT molecular complexity index is 740. The SMILES string of the molecule is COc1ccc(C(C)NC(=O)c2ccnc(N3CCN(C)CC3)c2)cc1. The number of piperazine rings is 1. The van der Waals surface area contributed by atoms with Crippen molar-refractivity contribution >= 4 is 11.7 Å². The van der Waals surface area contributed by atoms with Crippen LogP contribution in [0.25, 0.3) is 0 Å². The minimum atomic E-state index is -0.0916. The van der Waals surface area contributed by atoms with Crippen LogP contribution in [0.15, 0.2) is 42.6 Å². The third-order valence-corrected chi connectivity index (χ3v) is 4.80. The lowest BCUT2D eigenvalue weighted by Gasteiger charge is -2.33. The van der Waals surface area contributed by atoms with Gasteiger partial charge >= 0.3 is 0 Å². The fourth-order valence-corrected chi connectivity index (χ4v) is 3.02. The van der Waals surface area contributed by atoms with Crippen molar-refractivity contribution in [3.05, 3.63) is 53.7 Å². The molecule has 1 saturated heterocycles. The Hall–Kier alpha value is -2.60. The minimum Gasteiger partial charge on any atom is -0.497 e. The lowest BCUT2D eigenvalue weighted by molar-refractivity contribution is 0.0940. The number of ether oxygens (including phenoxy) is 1. The first kappa shape index (κ1) is 18.2. The zero-order chi connectivity index (χ0) is 18.5. The van der Waals surface area contributed by atoms with Crippen LogP contribution in [0.1, 0.15) is 28.9 Å². The van der Waals surface area contributed by atoms with E-state index >= 15 is 0 Å². The van der Waals surface area contributed by atoms with Crippen LogP contribution in [0, 0.1) is 0 Å². The number of likely N-dealkylation sites (N-methyl/N-ethyl adjacent to an activating group) is 1. The predicted molar refractivity (Wildman–Crippen MR) is 103 cm³/mol. The highest BCUT2D eigenvalue weighted by Crippen LogP contribution is 2.19. The van der Waals surface area contributed by atoms with Gasteiger partial charge in [-0.2, -0.15) is 0 Å². The van der Waals surface area contributed by atoms with Crippen molar-refractivity contribution in [1.29, 1.82) is 0 Å². The number of anilines is 1. The molecular weight excluding hydrogens is 328 g/mol.